The van der Waals surface area contributed by atoms with E-state index in [1.54, 1.807) is 0 Å². The summed E-state index contributed by atoms with van der Waals surface area (Å²) in [6.07, 6.45) is 4.54. The van der Waals surface area contributed by atoms with Crippen LogP contribution in [0.25, 0.3) is 6.08 Å². The number of hydrogen-bond acceptors (Lipinski definition) is 0. The van der Waals surface area contributed by atoms with E-state index in [0.29, 0.717) is 0 Å². The Morgan fingerprint density at radius 3 is 2.46 bits per heavy atom. The standard InChI is InChI=1S/C12H13Cl/c1-12(7-8-12)11(13)9-10-5-3-2-4-6-10/h2-6,9H,7-8H2,1H3. The molecule has 1 aromatic rings. The molecule has 0 bridgehead atoms. The number of halogens is 1. The van der Waals surface area contributed by atoms with Crippen LogP contribution >= 0.6 is 11.6 Å². The molecular formula is C12H13Cl. The first-order chi connectivity index (χ1) is 6.21. The Hall–Kier alpha value is -0.750. The zero-order chi connectivity index (χ0) is 9.31. The van der Waals surface area contributed by atoms with Gasteiger partial charge in [0.05, 0.1) is 0 Å². The van der Waals surface area contributed by atoms with E-state index in [1.165, 1.54) is 18.4 Å². The highest BCUT2D eigenvalue weighted by Crippen LogP contribution is 2.53. The topological polar surface area (TPSA) is 0 Å². The number of allylic oxidation sites excluding steroid dienone is 1. The summed E-state index contributed by atoms with van der Waals surface area (Å²) in [6, 6.07) is 10.2. The van der Waals surface area contributed by atoms with Crippen molar-refractivity contribution in [2.24, 2.45) is 5.41 Å². The first-order valence-corrected chi connectivity index (χ1v) is 5.01. The first-order valence-electron chi connectivity index (χ1n) is 4.63. The van der Waals surface area contributed by atoms with Crippen LogP contribution in [0.5, 0.6) is 0 Å². The van der Waals surface area contributed by atoms with Gasteiger partial charge in [0.15, 0.2) is 0 Å². The zero-order valence-electron chi connectivity index (χ0n) is 7.76. The molecule has 0 spiro atoms. The predicted molar refractivity (Wildman–Crippen MR) is 57.6 cm³/mol. The lowest BCUT2D eigenvalue weighted by molar-refractivity contribution is 0.734. The average molecular weight is 193 g/mol. The van der Waals surface area contributed by atoms with E-state index in [4.69, 9.17) is 11.6 Å². The molecule has 0 radical (unpaired) electrons. The second-order valence-electron chi connectivity index (χ2n) is 3.96. The quantitative estimate of drug-likeness (QED) is 0.663. The largest absolute Gasteiger partial charge is 0.0885 e. The van der Waals surface area contributed by atoms with Gasteiger partial charge in [0.25, 0.3) is 0 Å². The Morgan fingerprint density at radius 1 is 1.31 bits per heavy atom. The smallest absolute Gasteiger partial charge is 0.0246 e. The number of rotatable bonds is 2. The lowest BCUT2D eigenvalue weighted by atomic mass is 10.1. The van der Waals surface area contributed by atoms with Crippen molar-refractivity contribution in [2.75, 3.05) is 0 Å². The van der Waals surface area contributed by atoms with E-state index >= 15 is 0 Å². The van der Waals surface area contributed by atoms with Crippen LogP contribution < -0.4 is 0 Å². The number of benzene rings is 1. The van der Waals surface area contributed by atoms with Gasteiger partial charge in [0.2, 0.25) is 0 Å². The Morgan fingerprint density at radius 2 is 1.92 bits per heavy atom. The third-order valence-corrected chi connectivity index (χ3v) is 3.23. The third kappa shape index (κ3) is 1.94. The van der Waals surface area contributed by atoms with E-state index < -0.39 is 0 Å². The summed E-state index contributed by atoms with van der Waals surface area (Å²) in [6.45, 7) is 2.22. The molecule has 1 aliphatic carbocycles. The van der Waals surface area contributed by atoms with E-state index in [9.17, 15) is 0 Å². The van der Waals surface area contributed by atoms with Crippen molar-refractivity contribution in [3.8, 4) is 0 Å². The summed E-state index contributed by atoms with van der Waals surface area (Å²) >= 11 is 6.22. The average Bonchev–Trinajstić information content (AvgIpc) is 2.87. The van der Waals surface area contributed by atoms with Crippen molar-refractivity contribution in [3.05, 3.63) is 40.9 Å². The molecule has 0 nitrogen and oxygen atoms in total. The Kier molecular flexibility index (Phi) is 2.17. The summed E-state index contributed by atoms with van der Waals surface area (Å²) in [5.74, 6) is 0. The van der Waals surface area contributed by atoms with Gasteiger partial charge in [-0.25, -0.2) is 0 Å². The Balaban J connectivity index is 2.21. The molecule has 1 saturated carbocycles. The molecule has 0 unspecified atom stereocenters. The lowest BCUT2D eigenvalue weighted by Crippen LogP contribution is -1.91. The van der Waals surface area contributed by atoms with Crippen molar-refractivity contribution in [1.82, 2.24) is 0 Å². The maximum Gasteiger partial charge on any atom is 0.0246 e. The van der Waals surface area contributed by atoms with Crippen LogP contribution in [0.3, 0.4) is 0 Å². The van der Waals surface area contributed by atoms with Gasteiger partial charge < -0.3 is 0 Å². The monoisotopic (exact) mass is 192 g/mol. The molecule has 0 amide bonds. The maximum absolute atomic E-state index is 6.22. The summed E-state index contributed by atoms with van der Waals surface area (Å²) in [5, 5.41) is 0.999. The summed E-state index contributed by atoms with van der Waals surface area (Å²) < 4.78 is 0. The molecule has 0 saturated heterocycles. The molecule has 0 N–H and O–H groups in total. The van der Waals surface area contributed by atoms with Crippen LogP contribution in [0.15, 0.2) is 35.4 Å². The van der Waals surface area contributed by atoms with Gasteiger partial charge in [0, 0.05) is 10.4 Å². The van der Waals surface area contributed by atoms with E-state index in [0.717, 1.165) is 5.03 Å². The molecule has 13 heavy (non-hydrogen) atoms. The van der Waals surface area contributed by atoms with Gasteiger partial charge in [-0.3, -0.25) is 0 Å². The molecule has 0 atom stereocenters. The van der Waals surface area contributed by atoms with Crippen LogP contribution in [-0.4, -0.2) is 0 Å². The van der Waals surface area contributed by atoms with Crippen molar-refractivity contribution in [1.29, 1.82) is 0 Å². The molecule has 1 fully saturated rings. The molecular weight excluding hydrogens is 180 g/mol. The van der Waals surface area contributed by atoms with Crippen LogP contribution in [0, 0.1) is 5.41 Å². The highest BCUT2D eigenvalue weighted by Gasteiger charge is 2.40. The van der Waals surface area contributed by atoms with E-state index in [1.807, 2.05) is 18.2 Å². The minimum absolute atomic E-state index is 0.289. The van der Waals surface area contributed by atoms with Crippen LogP contribution in [-0.2, 0) is 0 Å². The SMILES string of the molecule is CC1(C(Cl)=Cc2ccccc2)CC1. The highest BCUT2D eigenvalue weighted by molar-refractivity contribution is 6.32. The zero-order valence-corrected chi connectivity index (χ0v) is 8.51. The van der Waals surface area contributed by atoms with Gasteiger partial charge in [-0.1, -0.05) is 48.9 Å². The van der Waals surface area contributed by atoms with E-state index in [2.05, 4.69) is 25.1 Å². The Labute approximate surface area is 84.2 Å². The second kappa shape index (κ2) is 3.19. The second-order valence-corrected chi connectivity index (χ2v) is 4.37. The summed E-state index contributed by atoms with van der Waals surface area (Å²) in [4.78, 5) is 0. The van der Waals surface area contributed by atoms with Gasteiger partial charge in [-0.05, 0) is 24.5 Å². The van der Waals surface area contributed by atoms with Gasteiger partial charge in [0.1, 0.15) is 0 Å². The van der Waals surface area contributed by atoms with Crippen molar-refractivity contribution in [2.45, 2.75) is 19.8 Å². The summed E-state index contributed by atoms with van der Waals surface area (Å²) in [5.41, 5.74) is 1.48. The maximum atomic E-state index is 6.22. The van der Waals surface area contributed by atoms with Crippen molar-refractivity contribution in [3.63, 3.8) is 0 Å². The highest BCUT2D eigenvalue weighted by atomic mass is 35.5. The Bertz CT molecular complexity index is 320. The minimum Gasteiger partial charge on any atom is -0.0885 e. The van der Waals surface area contributed by atoms with Crippen molar-refractivity contribution < 1.29 is 0 Å². The molecule has 0 aromatic heterocycles. The minimum atomic E-state index is 0.289. The fourth-order valence-electron chi connectivity index (χ4n) is 1.30. The van der Waals surface area contributed by atoms with Gasteiger partial charge in [-0.15, -0.1) is 0 Å². The first kappa shape index (κ1) is 8.83. The van der Waals surface area contributed by atoms with Crippen LogP contribution in [0.1, 0.15) is 25.3 Å². The van der Waals surface area contributed by atoms with Crippen molar-refractivity contribution >= 4 is 17.7 Å². The van der Waals surface area contributed by atoms with Gasteiger partial charge >= 0.3 is 0 Å². The molecule has 68 valence electrons. The molecule has 1 aromatic carbocycles. The normalized spacial score (nSPS) is 20.0. The van der Waals surface area contributed by atoms with E-state index in [-0.39, 0.29) is 5.41 Å². The molecule has 2 rings (SSSR count). The third-order valence-electron chi connectivity index (χ3n) is 2.67. The molecule has 0 heterocycles. The molecule has 1 aliphatic rings. The lowest BCUT2D eigenvalue weighted by Gasteiger charge is -2.05. The van der Waals surface area contributed by atoms with Gasteiger partial charge in [-0.2, -0.15) is 0 Å². The molecule has 1 heteroatoms. The predicted octanol–water partition coefficient (Wildman–Crippen LogP) is 4.07. The molecule has 0 aliphatic heterocycles. The van der Waals surface area contributed by atoms with Crippen LogP contribution in [0.2, 0.25) is 0 Å². The summed E-state index contributed by atoms with van der Waals surface area (Å²) in [7, 11) is 0. The fraction of sp³-hybridized carbons (Fsp3) is 0.333. The fourth-order valence-corrected chi connectivity index (χ4v) is 1.61. The number of hydrogen-bond donors (Lipinski definition) is 0. The van der Waals surface area contributed by atoms with Crippen LogP contribution in [0.4, 0.5) is 0 Å².